The first kappa shape index (κ1) is 18.6. The third-order valence-electron chi connectivity index (χ3n) is 3.75. The van der Waals surface area contributed by atoms with Crippen LogP contribution in [-0.4, -0.2) is 35.9 Å². The number of aliphatic imine (C=N–C) groups is 1. The summed E-state index contributed by atoms with van der Waals surface area (Å²) < 4.78 is 12.6. The largest absolute Gasteiger partial charge is 0.481 e. The maximum atomic E-state index is 5.46. The highest BCUT2D eigenvalue weighted by Crippen LogP contribution is 2.22. The average Bonchev–Trinajstić information content (AvgIpc) is 3.23. The van der Waals surface area contributed by atoms with E-state index < -0.39 is 0 Å². The molecular weight excluding hydrogens is 318 g/mol. The molecule has 0 aliphatic heterocycles. The number of nitrogens with zero attached hydrogens (tertiary/aromatic N) is 3. The first-order chi connectivity index (χ1) is 12.2. The Bertz CT molecular complexity index is 689. The van der Waals surface area contributed by atoms with Gasteiger partial charge in [-0.05, 0) is 18.6 Å². The van der Waals surface area contributed by atoms with E-state index in [0.29, 0.717) is 13.1 Å². The van der Waals surface area contributed by atoms with E-state index in [1.807, 2.05) is 19.2 Å². The summed E-state index contributed by atoms with van der Waals surface area (Å²) in [5, 5.41) is 11.0. The molecule has 0 saturated carbocycles. The zero-order chi connectivity index (χ0) is 18.1. The molecule has 25 heavy (non-hydrogen) atoms. The highest BCUT2D eigenvalue weighted by molar-refractivity contribution is 5.80. The van der Waals surface area contributed by atoms with Gasteiger partial charge in [-0.25, -0.2) is 9.67 Å². The van der Waals surface area contributed by atoms with Gasteiger partial charge in [0.25, 0.3) is 0 Å². The Kier molecular flexibility index (Phi) is 7.13. The normalized spacial score (nSPS) is 11.4. The van der Waals surface area contributed by atoms with Crippen LogP contribution in [0.3, 0.4) is 0 Å². The van der Waals surface area contributed by atoms with Gasteiger partial charge in [-0.1, -0.05) is 13.0 Å². The molecule has 0 unspecified atom stereocenters. The van der Waals surface area contributed by atoms with E-state index >= 15 is 0 Å². The number of furan rings is 1. The predicted molar refractivity (Wildman–Crippen MR) is 98.9 cm³/mol. The Morgan fingerprint density at radius 1 is 1.48 bits per heavy atom. The Balaban J connectivity index is 2.04. The minimum Gasteiger partial charge on any atom is -0.481 e. The van der Waals surface area contributed by atoms with Crippen LogP contribution in [0.4, 0.5) is 0 Å². The van der Waals surface area contributed by atoms with E-state index in [1.54, 1.807) is 24.1 Å². The lowest BCUT2D eigenvalue weighted by Gasteiger charge is -2.11. The summed E-state index contributed by atoms with van der Waals surface area (Å²) in [5.74, 6) is 2.41. The summed E-state index contributed by atoms with van der Waals surface area (Å²) in [6, 6.07) is 3.85. The second kappa shape index (κ2) is 9.56. The number of ether oxygens (including phenoxy) is 1. The number of aromatic nitrogens is 2. The number of guanidine groups is 1. The summed E-state index contributed by atoms with van der Waals surface area (Å²) in [6.45, 7) is 7.67. The molecular formula is C18H27N5O2. The van der Waals surface area contributed by atoms with Crippen LogP contribution in [0, 0.1) is 0 Å². The predicted octanol–water partition coefficient (Wildman–Crippen LogP) is 2.05. The molecule has 0 saturated heterocycles. The molecule has 0 bridgehead atoms. The molecule has 2 rings (SSSR count). The molecule has 2 aromatic heterocycles. The van der Waals surface area contributed by atoms with Crippen LogP contribution in [0.1, 0.15) is 23.9 Å². The average molecular weight is 345 g/mol. The van der Waals surface area contributed by atoms with Crippen LogP contribution in [0.5, 0.6) is 5.88 Å². The molecule has 0 spiro atoms. The second-order valence-corrected chi connectivity index (χ2v) is 5.50. The molecule has 136 valence electrons. The van der Waals surface area contributed by atoms with Crippen LogP contribution >= 0.6 is 0 Å². The smallest absolute Gasteiger partial charge is 0.216 e. The van der Waals surface area contributed by atoms with Gasteiger partial charge < -0.3 is 19.8 Å². The van der Waals surface area contributed by atoms with Crippen molar-refractivity contribution in [2.75, 3.05) is 20.2 Å². The summed E-state index contributed by atoms with van der Waals surface area (Å²) in [6.07, 6.45) is 5.11. The van der Waals surface area contributed by atoms with E-state index in [-0.39, 0.29) is 0 Å². The third-order valence-corrected chi connectivity index (χ3v) is 3.75. The lowest BCUT2D eigenvalue weighted by Crippen LogP contribution is -2.38. The number of rotatable bonds is 9. The number of nitrogens with one attached hydrogen (secondary N) is 2. The fourth-order valence-corrected chi connectivity index (χ4v) is 2.56. The third kappa shape index (κ3) is 5.14. The number of aryl methyl sites for hydroxylation is 2. The van der Waals surface area contributed by atoms with Crippen LogP contribution < -0.4 is 15.4 Å². The van der Waals surface area contributed by atoms with Crippen LogP contribution in [0.25, 0.3) is 0 Å². The Hall–Kier alpha value is -2.70. The quantitative estimate of drug-likeness (QED) is 0.413. The van der Waals surface area contributed by atoms with Gasteiger partial charge in [0.1, 0.15) is 5.76 Å². The van der Waals surface area contributed by atoms with E-state index in [1.165, 1.54) is 0 Å². The molecule has 0 aliphatic rings. The lowest BCUT2D eigenvalue weighted by atomic mass is 10.2. The minimum atomic E-state index is 0.493. The number of hydrogen-bond donors (Lipinski definition) is 2. The number of hydrogen-bond acceptors (Lipinski definition) is 4. The summed E-state index contributed by atoms with van der Waals surface area (Å²) in [7, 11) is 3.53. The van der Waals surface area contributed by atoms with E-state index in [4.69, 9.17) is 9.15 Å². The fourth-order valence-electron chi connectivity index (χ4n) is 2.56. The molecule has 7 heteroatoms. The monoisotopic (exact) mass is 345 g/mol. The zero-order valence-corrected chi connectivity index (χ0v) is 15.2. The van der Waals surface area contributed by atoms with Gasteiger partial charge in [0.15, 0.2) is 5.96 Å². The van der Waals surface area contributed by atoms with Gasteiger partial charge in [0, 0.05) is 26.6 Å². The van der Waals surface area contributed by atoms with Gasteiger partial charge >= 0.3 is 0 Å². The van der Waals surface area contributed by atoms with Crippen molar-refractivity contribution in [2.45, 2.75) is 26.3 Å². The van der Waals surface area contributed by atoms with Crippen molar-refractivity contribution in [3.8, 4) is 5.88 Å². The van der Waals surface area contributed by atoms with Gasteiger partial charge in [-0.15, -0.1) is 6.58 Å². The molecule has 0 atom stereocenters. The first-order valence-electron chi connectivity index (χ1n) is 8.43. The molecule has 0 fully saturated rings. The van der Waals surface area contributed by atoms with Crippen LogP contribution in [0.2, 0.25) is 0 Å². The topological polar surface area (TPSA) is 76.6 Å². The van der Waals surface area contributed by atoms with Gasteiger partial charge in [-0.2, -0.15) is 5.10 Å². The van der Waals surface area contributed by atoms with E-state index in [2.05, 4.69) is 34.2 Å². The van der Waals surface area contributed by atoms with Crippen molar-refractivity contribution >= 4 is 5.96 Å². The Morgan fingerprint density at radius 2 is 2.32 bits per heavy atom. The molecule has 7 nitrogen and oxygen atoms in total. The van der Waals surface area contributed by atoms with Crippen molar-refractivity contribution in [1.29, 1.82) is 0 Å². The van der Waals surface area contributed by atoms with E-state index in [0.717, 1.165) is 48.2 Å². The van der Waals surface area contributed by atoms with Gasteiger partial charge in [0.2, 0.25) is 5.88 Å². The minimum absolute atomic E-state index is 0.493. The van der Waals surface area contributed by atoms with Crippen molar-refractivity contribution in [3.63, 3.8) is 0 Å². The van der Waals surface area contributed by atoms with Crippen molar-refractivity contribution in [3.05, 3.63) is 48.1 Å². The van der Waals surface area contributed by atoms with Crippen LogP contribution in [0.15, 0.2) is 40.5 Å². The molecule has 0 amide bonds. The van der Waals surface area contributed by atoms with Gasteiger partial charge in [0.05, 0.1) is 31.2 Å². The van der Waals surface area contributed by atoms with Crippen molar-refractivity contribution < 1.29 is 9.15 Å². The molecule has 2 aromatic rings. The Labute approximate surface area is 148 Å². The summed E-state index contributed by atoms with van der Waals surface area (Å²) in [4.78, 5) is 4.66. The molecule has 2 N–H and O–H groups in total. The summed E-state index contributed by atoms with van der Waals surface area (Å²) >= 11 is 0. The standard InChI is InChI=1S/C18H27N5O2/c1-5-10-19-18(20-11-9-14-8-7-12-25-14)21-13-15-16(6-2)22-23(3)17(15)24-4/h5,7-8,12H,1,6,9-11,13H2,2-4H3,(H2,19,20,21). The zero-order valence-electron chi connectivity index (χ0n) is 15.2. The summed E-state index contributed by atoms with van der Waals surface area (Å²) in [5.41, 5.74) is 2.01. The molecule has 0 aromatic carbocycles. The highest BCUT2D eigenvalue weighted by atomic mass is 16.5. The number of methoxy groups -OCH3 is 1. The SMILES string of the molecule is C=CCNC(=NCc1c(CC)nn(C)c1OC)NCCc1ccco1. The van der Waals surface area contributed by atoms with Crippen LogP contribution in [-0.2, 0) is 26.4 Å². The molecule has 2 heterocycles. The maximum Gasteiger partial charge on any atom is 0.216 e. The fraction of sp³-hybridized carbons (Fsp3) is 0.444. The van der Waals surface area contributed by atoms with Crippen molar-refractivity contribution in [2.24, 2.45) is 12.0 Å². The Morgan fingerprint density at radius 3 is 2.96 bits per heavy atom. The van der Waals surface area contributed by atoms with Gasteiger partial charge in [-0.3, -0.25) is 0 Å². The second-order valence-electron chi connectivity index (χ2n) is 5.50. The molecule has 0 aliphatic carbocycles. The lowest BCUT2D eigenvalue weighted by molar-refractivity contribution is 0.369. The first-order valence-corrected chi connectivity index (χ1v) is 8.43. The maximum absolute atomic E-state index is 5.46. The molecule has 0 radical (unpaired) electrons. The highest BCUT2D eigenvalue weighted by Gasteiger charge is 2.15. The van der Waals surface area contributed by atoms with E-state index in [9.17, 15) is 0 Å². The van der Waals surface area contributed by atoms with Crippen molar-refractivity contribution in [1.82, 2.24) is 20.4 Å².